The summed E-state index contributed by atoms with van der Waals surface area (Å²) in [5, 5.41) is 11.6. The molecule has 24 heavy (non-hydrogen) atoms. The lowest BCUT2D eigenvalue weighted by Gasteiger charge is -2.25. The number of nitrogens with one attached hydrogen (secondary N) is 1. The van der Waals surface area contributed by atoms with Crippen LogP contribution in [0.4, 0.5) is 4.79 Å². The van der Waals surface area contributed by atoms with Gasteiger partial charge in [0.1, 0.15) is 17.1 Å². The molecule has 3 rings (SSSR count). The number of benzene rings is 1. The van der Waals surface area contributed by atoms with E-state index >= 15 is 0 Å². The number of phenolic OH excluding ortho intramolecular Hbond substituents is 1. The zero-order valence-electron chi connectivity index (χ0n) is 12.2. The van der Waals surface area contributed by atoms with Crippen molar-refractivity contribution in [1.29, 1.82) is 0 Å². The summed E-state index contributed by atoms with van der Waals surface area (Å²) in [6.45, 7) is -0.0986. The minimum absolute atomic E-state index is 0.0801. The van der Waals surface area contributed by atoms with Gasteiger partial charge >= 0.3 is 6.03 Å². The first-order chi connectivity index (χ1) is 11.5. The molecule has 0 bridgehead atoms. The summed E-state index contributed by atoms with van der Waals surface area (Å²) in [4.78, 5) is 37.2. The third kappa shape index (κ3) is 3.02. The van der Waals surface area contributed by atoms with Crippen molar-refractivity contribution in [1.82, 2.24) is 10.2 Å². The van der Waals surface area contributed by atoms with E-state index in [4.69, 9.17) is 16.0 Å². The molecule has 0 unspecified atom stereocenters. The summed E-state index contributed by atoms with van der Waals surface area (Å²) in [5.74, 6) is -1.26. The van der Waals surface area contributed by atoms with E-state index in [9.17, 15) is 19.5 Å². The van der Waals surface area contributed by atoms with Crippen LogP contribution in [0.2, 0.25) is 5.02 Å². The number of hydrogen-bond acceptors (Lipinski definition) is 5. The number of aromatic hydroxyl groups is 1. The molecule has 122 valence electrons. The molecule has 0 atom stereocenters. The molecule has 2 heterocycles. The molecule has 0 aliphatic carbocycles. The Balaban J connectivity index is 1.92. The molecule has 4 amide bonds. The molecule has 2 aromatic rings. The maximum atomic E-state index is 12.5. The van der Waals surface area contributed by atoms with E-state index in [1.165, 1.54) is 30.5 Å². The Morgan fingerprint density at radius 2 is 2.04 bits per heavy atom. The van der Waals surface area contributed by atoms with E-state index in [0.29, 0.717) is 11.3 Å². The number of halogens is 1. The van der Waals surface area contributed by atoms with Crippen molar-refractivity contribution < 1.29 is 23.9 Å². The summed E-state index contributed by atoms with van der Waals surface area (Å²) >= 11 is 5.81. The molecule has 1 saturated heterocycles. The number of furan rings is 1. The Morgan fingerprint density at radius 1 is 1.25 bits per heavy atom. The first kappa shape index (κ1) is 15.8. The van der Waals surface area contributed by atoms with E-state index in [2.05, 4.69) is 5.32 Å². The van der Waals surface area contributed by atoms with Gasteiger partial charge in [-0.25, -0.2) is 4.79 Å². The van der Waals surface area contributed by atoms with E-state index in [0.717, 1.165) is 4.90 Å². The van der Waals surface area contributed by atoms with Crippen LogP contribution in [-0.2, 0) is 16.1 Å². The minimum Gasteiger partial charge on any atom is -0.506 e. The van der Waals surface area contributed by atoms with E-state index in [1.807, 2.05) is 0 Å². The summed E-state index contributed by atoms with van der Waals surface area (Å²) in [7, 11) is 0. The fourth-order valence-corrected chi connectivity index (χ4v) is 2.36. The third-order valence-corrected chi connectivity index (χ3v) is 3.67. The Labute approximate surface area is 141 Å². The van der Waals surface area contributed by atoms with Crippen molar-refractivity contribution in [3.05, 3.63) is 58.5 Å². The molecule has 0 saturated carbocycles. The number of carbonyl (C=O) groups excluding carboxylic acids is 3. The van der Waals surface area contributed by atoms with E-state index < -0.39 is 17.8 Å². The predicted molar refractivity (Wildman–Crippen MR) is 83.9 cm³/mol. The molecule has 1 aromatic carbocycles. The van der Waals surface area contributed by atoms with Crippen LogP contribution in [0.25, 0.3) is 6.08 Å². The van der Waals surface area contributed by atoms with Crippen molar-refractivity contribution in [2.75, 3.05) is 0 Å². The van der Waals surface area contributed by atoms with E-state index in [1.54, 1.807) is 12.1 Å². The van der Waals surface area contributed by atoms with Crippen LogP contribution in [0, 0.1) is 0 Å². The number of phenols is 1. The zero-order chi connectivity index (χ0) is 17.3. The monoisotopic (exact) mass is 346 g/mol. The van der Waals surface area contributed by atoms with Crippen molar-refractivity contribution in [3.63, 3.8) is 0 Å². The van der Waals surface area contributed by atoms with Crippen LogP contribution in [0.15, 0.2) is 46.6 Å². The van der Waals surface area contributed by atoms with Gasteiger partial charge in [0.25, 0.3) is 11.8 Å². The first-order valence-corrected chi connectivity index (χ1v) is 7.23. The predicted octanol–water partition coefficient (Wildman–Crippen LogP) is 2.30. The molecule has 8 heteroatoms. The van der Waals surface area contributed by atoms with Crippen molar-refractivity contribution in [2.24, 2.45) is 0 Å². The van der Waals surface area contributed by atoms with Gasteiger partial charge in [0, 0.05) is 0 Å². The average molecular weight is 347 g/mol. The molecule has 7 nitrogen and oxygen atoms in total. The van der Waals surface area contributed by atoms with Crippen LogP contribution < -0.4 is 5.32 Å². The lowest BCUT2D eigenvalue weighted by Crippen LogP contribution is -2.53. The maximum Gasteiger partial charge on any atom is 0.331 e. The van der Waals surface area contributed by atoms with Gasteiger partial charge in [-0.05, 0) is 35.9 Å². The number of urea groups is 1. The smallest absolute Gasteiger partial charge is 0.331 e. The van der Waals surface area contributed by atoms with Crippen LogP contribution in [0.1, 0.15) is 11.3 Å². The van der Waals surface area contributed by atoms with Gasteiger partial charge in [0.05, 0.1) is 17.8 Å². The molecule has 2 N–H and O–H groups in total. The molecular formula is C16H11ClN2O5. The summed E-state index contributed by atoms with van der Waals surface area (Å²) < 4.78 is 5.12. The molecule has 0 spiro atoms. The SMILES string of the molecule is O=C1NC(=O)N(Cc2ccco2)C(=O)/C1=C/c1ccc(O)c(Cl)c1. The summed E-state index contributed by atoms with van der Waals surface area (Å²) in [6.07, 6.45) is 2.71. The largest absolute Gasteiger partial charge is 0.506 e. The van der Waals surface area contributed by atoms with Crippen molar-refractivity contribution in [2.45, 2.75) is 6.54 Å². The van der Waals surface area contributed by atoms with Gasteiger partial charge in [0.15, 0.2) is 0 Å². The van der Waals surface area contributed by atoms with Crippen LogP contribution in [0.5, 0.6) is 5.75 Å². The molecule has 0 radical (unpaired) electrons. The summed E-state index contributed by atoms with van der Waals surface area (Å²) in [5.41, 5.74) is 0.214. The Hall–Kier alpha value is -3.06. The molecule has 1 aromatic heterocycles. The van der Waals surface area contributed by atoms with Gasteiger partial charge in [0.2, 0.25) is 0 Å². The lowest BCUT2D eigenvalue weighted by molar-refractivity contribution is -0.130. The molecule has 1 aliphatic rings. The number of rotatable bonds is 3. The highest BCUT2D eigenvalue weighted by molar-refractivity contribution is 6.32. The highest BCUT2D eigenvalue weighted by atomic mass is 35.5. The van der Waals surface area contributed by atoms with Gasteiger partial charge in [-0.2, -0.15) is 0 Å². The number of hydrogen-bond donors (Lipinski definition) is 2. The van der Waals surface area contributed by atoms with Gasteiger partial charge in [-0.3, -0.25) is 19.8 Å². The lowest BCUT2D eigenvalue weighted by atomic mass is 10.1. The Morgan fingerprint density at radius 3 is 2.71 bits per heavy atom. The second kappa shape index (κ2) is 6.21. The minimum atomic E-state index is -0.817. The van der Waals surface area contributed by atoms with Crippen LogP contribution in [-0.4, -0.2) is 27.9 Å². The third-order valence-electron chi connectivity index (χ3n) is 3.36. The molecule has 1 fully saturated rings. The topological polar surface area (TPSA) is 99.9 Å². The van der Waals surface area contributed by atoms with Crippen LogP contribution in [0.3, 0.4) is 0 Å². The Kier molecular flexibility index (Phi) is 4.09. The van der Waals surface area contributed by atoms with Crippen molar-refractivity contribution in [3.8, 4) is 5.75 Å². The highest BCUT2D eigenvalue weighted by Gasteiger charge is 2.36. The number of nitrogens with zero attached hydrogens (tertiary/aromatic N) is 1. The number of barbiturate groups is 1. The van der Waals surface area contributed by atoms with Gasteiger partial charge < -0.3 is 9.52 Å². The fourth-order valence-electron chi connectivity index (χ4n) is 2.18. The van der Waals surface area contributed by atoms with E-state index in [-0.39, 0.29) is 22.9 Å². The maximum absolute atomic E-state index is 12.5. The standard InChI is InChI=1S/C16H11ClN2O5/c17-12-7-9(3-4-13(12)20)6-11-14(21)18-16(23)19(15(11)22)8-10-2-1-5-24-10/h1-7,20H,8H2,(H,18,21,23)/b11-6+. The van der Waals surface area contributed by atoms with Gasteiger partial charge in [-0.15, -0.1) is 0 Å². The second-order valence-electron chi connectivity index (χ2n) is 5.00. The Bertz CT molecular complexity index is 857. The second-order valence-corrected chi connectivity index (χ2v) is 5.41. The quantitative estimate of drug-likeness (QED) is 0.656. The van der Waals surface area contributed by atoms with Gasteiger partial charge in [-0.1, -0.05) is 17.7 Å². The fraction of sp³-hybridized carbons (Fsp3) is 0.0625. The normalized spacial score (nSPS) is 16.6. The highest BCUT2D eigenvalue weighted by Crippen LogP contribution is 2.25. The first-order valence-electron chi connectivity index (χ1n) is 6.85. The number of amides is 4. The number of imide groups is 2. The number of carbonyl (C=O) groups is 3. The van der Waals surface area contributed by atoms with Crippen LogP contribution >= 0.6 is 11.6 Å². The van der Waals surface area contributed by atoms with Crippen molar-refractivity contribution >= 4 is 35.5 Å². The average Bonchev–Trinajstić information content (AvgIpc) is 3.04. The zero-order valence-corrected chi connectivity index (χ0v) is 12.9. The summed E-state index contributed by atoms with van der Waals surface area (Å²) in [6, 6.07) is 6.65. The molecular weight excluding hydrogens is 336 g/mol. The molecule has 1 aliphatic heterocycles.